The SMILES string of the molecule is C[C@H]1CCc2c(ccc(Br)c2Oc2ccc(F)c(F)c2)N1CC(=O)C1CC1. The number of hydrogen-bond donors (Lipinski definition) is 0. The molecule has 0 spiro atoms. The van der Waals surface area contributed by atoms with Gasteiger partial charge in [-0.25, -0.2) is 8.78 Å². The number of nitrogens with zero attached hydrogens (tertiary/aromatic N) is 1. The molecular formula is C21H20BrF2NO2. The highest BCUT2D eigenvalue weighted by molar-refractivity contribution is 9.10. The number of anilines is 1. The number of fused-ring (bicyclic) bond motifs is 1. The molecule has 0 radical (unpaired) electrons. The number of ketones is 1. The Hall–Kier alpha value is -1.95. The minimum Gasteiger partial charge on any atom is -0.456 e. The van der Waals surface area contributed by atoms with Crippen molar-refractivity contribution in [3.05, 3.63) is 52.0 Å². The van der Waals surface area contributed by atoms with E-state index in [9.17, 15) is 13.6 Å². The van der Waals surface area contributed by atoms with E-state index in [0.717, 1.165) is 53.5 Å². The fraction of sp³-hybridized carbons (Fsp3) is 0.381. The zero-order valence-corrected chi connectivity index (χ0v) is 16.6. The minimum atomic E-state index is -0.946. The highest BCUT2D eigenvalue weighted by atomic mass is 79.9. The van der Waals surface area contributed by atoms with Crippen LogP contribution in [0.2, 0.25) is 0 Å². The van der Waals surface area contributed by atoms with Gasteiger partial charge in [0.05, 0.1) is 11.0 Å². The van der Waals surface area contributed by atoms with Crippen molar-refractivity contribution in [3.63, 3.8) is 0 Å². The third kappa shape index (κ3) is 3.72. The number of benzene rings is 2. The van der Waals surface area contributed by atoms with E-state index in [1.54, 1.807) is 0 Å². The predicted molar refractivity (Wildman–Crippen MR) is 103 cm³/mol. The number of Topliss-reactive ketones (excluding diaryl/α,β-unsaturated/α-hetero) is 1. The van der Waals surface area contributed by atoms with Gasteiger partial charge in [0.1, 0.15) is 11.5 Å². The topological polar surface area (TPSA) is 29.5 Å². The van der Waals surface area contributed by atoms with Crippen LogP contribution < -0.4 is 9.64 Å². The zero-order valence-electron chi connectivity index (χ0n) is 15.0. The van der Waals surface area contributed by atoms with Crippen molar-refractivity contribution in [2.45, 2.75) is 38.6 Å². The first kappa shape index (κ1) is 18.4. The van der Waals surface area contributed by atoms with Crippen LogP contribution in [-0.4, -0.2) is 18.4 Å². The Balaban J connectivity index is 1.68. The highest BCUT2D eigenvalue weighted by Gasteiger charge is 2.34. The van der Waals surface area contributed by atoms with E-state index in [2.05, 4.69) is 27.8 Å². The van der Waals surface area contributed by atoms with Gasteiger partial charge in [-0.3, -0.25) is 4.79 Å². The molecule has 2 aliphatic rings. The fourth-order valence-corrected chi connectivity index (χ4v) is 4.01. The van der Waals surface area contributed by atoms with Gasteiger partial charge in [0.25, 0.3) is 0 Å². The van der Waals surface area contributed by atoms with E-state index in [0.29, 0.717) is 18.1 Å². The predicted octanol–water partition coefficient (Wildman–Crippen LogP) is 5.64. The van der Waals surface area contributed by atoms with Gasteiger partial charge in [-0.2, -0.15) is 0 Å². The molecule has 2 aromatic rings. The van der Waals surface area contributed by atoms with Crippen molar-refractivity contribution < 1.29 is 18.3 Å². The minimum absolute atomic E-state index is 0.218. The molecule has 3 nitrogen and oxygen atoms in total. The molecule has 0 saturated heterocycles. The lowest BCUT2D eigenvalue weighted by molar-refractivity contribution is -0.119. The van der Waals surface area contributed by atoms with E-state index in [1.807, 2.05) is 12.1 Å². The van der Waals surface area contributed by atoms with Gasteiger partial charge in [0.15, 0.2) is 17.4 Å². The smallest absolute Gasteiger partial charge is 0.162 e. The van der Waals surface area contributed by atoms with Crippen LogP contribution in [0.4, 0.5) is 14.5 Å². The Bertz CT molecular complexity index is 898. The molecule has 0 N–H and O–H groups in total. The van der Waals surface area contributed by atoms with Gasteiger partial charge in [0.2, 0.25) is 0 Å². The highest BCUT2D eigenvalue weighted by Crippen LogP contribution is 2.43. The van der Waals surface area contributed by atoms with E-state index in [4.69, 9.17) is 4.74 Å². The summed E-state index contributed by atoms with van der Waals surface area (Å²) in [5, 5.41) is 0. The summed E-state index contributed by atoms with van der Waals surface area (Å²) in [6, 6.07) is 7.63. The Kier molecular flexibility index (Phi) is 4.93. The summed E-state index contributed by atoms with van der Waals surface area (Å²) in [4.78, 5) is 14.5. The molecule has 0 amide bonds. The Morgan fingerprint density at radius 3 is 2.67 bits per heavy atom. The molecule has 142 valence electrons. The first-order valence-corrected chi connectivity index (χ1v) is 9.97. The van der Waals surface area contributed by atoms with Crippen LogP contribution in [0.1, 0.15) is 31.7 Å². The number of hydrogen-bond acceptors (Lipinski definition) is 3. The van der Waals surface area contributed by atoms with Crippen molar-refractivity contribution in [2.24, 2.45) is 5.92 Å². The molecule has 0 aromatic heterocycles. The molecular weight excluding hydrogens is 416 g/mol. The quantitative estimate of drug-likeness (QED) is 0.608. The van der Waals surface area contributed by atoms with Gasteiger partial charge in [-0.05, 0) is 72.8 Å². The van der Waals surface area contributed by atoms with E-state index < -0.39 is 11.6 Å². The second-order valence-corrected chi connectivity index (χ2v) is 8.16. The van der Waals surface area contributed by atoms with Gasteiger partial charge in [-0.1, -0.05) is 0 Å². The fourth-order valence-electron chi connectivity index (χ4n) is 3.56. The molecule has 2 aromatic carbocycles. The van der Waals surface area contributed by atoms with Crippen molar-refractivity contribution >= 4 is 27.4 Å². The number of halogens is 3. The maximum atomic E-state index is 13.5. The van der Waals surface area contributed by atoms with E-state index in [-0.39, 0.29) is 17.7 Å². The average Bonchev–Trinajstić information content (AvgIpc) is 3.48. The van der Waals surface area contributed by atoms with Crippen molar-refractivity contribution in [3.8, 4) is 11.5 Å². The second-order valence-electron chi connectivity index (χ2n) is 7.31. The third-order valence-electron chi connectivity index (χ3n) is 5.31. The molecule has 1 aliphatic carbocycles. The zero-order chi connectivity index (χ0) is 19.1. The molecule has 0 unspecified atom stereocenters. The van der Waals surface area contributed by atoms with Gasteiger partial charge >= 0.3 is 0 Å². The summed E-state index contributed by atoms with van der Waals surface area (Å²) in [7, 11) is 0. The first-order chi connectivity index (χ1) is 12.9. The summed E-state index contributed by atoms with van der Waals surface area (Å²) in [6.45, 7) is 2.53. The van der Waals surface area contributed by atoms with Crippen molar-refractivity contribution in [1.82, 2.24) is 0 Å². The van der Waals surface area contributed by atoms with Gasteiger partial charge in [-0.15, -0.1) is 0 Å². The van der Waals surface area contributed by atoms with E-state index >= 15 is 0 Å². The Labute approximate surface area is 165 Å². The van der Waals surface area contributed by atoms with E-state index in [1.165, 1.54) is 6.07 Å². The molecule has 27 heavy (non-hydrogen) atoms. The maximum absolute atomic E-state index is 13.5. The summed E-state index contributed by atoms with van der Waals surface area (Å²) in [6.07, 6.45) is 3.69. The lowest BCUT2D eigenvalue weighted by Gasteiger charge is -2.37. The van der Waals surface area contributed by atoms with Crippen LogP contribution in [0.25, 0.3) is 0 Å². The van der Waals surface area contributed by atoms with Crippen LogP contribution in [-0.2, 0) is 11.2 Å². The molecule has 1 saturated carbocycles. The molecule has 0 bridgehead atoms. The van der Waals surface area contributed by atoms with Crippen LogP contribution in [0.5, 0.6) is 11.5 Å². The number of ether oxygens (including phenoxy) is 1. The van der Waals surface area contributed by atoms with Gasteiger partial charge in [0, 0.05) is 29.3 Å². The van der Waals surface area contributed by atoms with Crippen molar-refractivity contribution in [2.75, 3.05) is 11.4 Å². The number of carbonyl (C=O) groups excluding carboxylic acids is 1. The molecule has 1 atom stereocenters. The second kappa shape index (κ2) is 7.23. The number of rotatable bonds is 5. The van der Waals surface area contributed by atoms with Crippen LogP contribution in [0.15, 0.2) is 34.8 Å². The molecule has 1 fully saturated rings. The van der Waals surface area contributed by atoms with Gasteiger partial charge < -0.3 is 9.64 Å². The molecule has 4 rings (SSSR count). The first-order valence-electron chi connectivity index (χ1n) is 9.17. The summed E-state index contributed by atoms with van der Waals surface area (Å²) in [5.41, 5.74) is 1.96. The normalized spacial score (nSPS) is 19.0. The van der Waals surface area contributed by atoms with Crippen molar-refractivity contribution in [1.29, 1.82) is 0 Å². The van der Waals surface area contributed by atoms with Crippen LogP contribution in [0.3, 0.4) is 0 Å². The number of carbonyl (C=O) groups is 1. The third-order valence-corrected chi connectivity index (χ3v) is 5.94. The lowest BCUT2D eigenvalue weighted by atomic mass is 9.95. The standard InChI is InChI=1S/C21H20BrF2NO2/c1-12-2-6-15-19(25(12)11-20(26)13-3-4-13)9-7-16(22)21(15)27-14-5-8-17(23)18(24)10-14/h5,7-10,12-13H,2-4,6,11H2,1H3/t12-/m0/s1. The summed E-state index contributed by atoms with van der Waals surface area (Å²) >= 11 is 3.51. The summed E-state index contributed by atoms with van der Waals surface area (Å²) < 4.78 is 33.4. The Morgan fingerprint density at radius 2 is 1.96 bits per heavy atom. The van der Waals surface area contributed by atoms with Crippen LogP contribution >= 0.6 is 15.9 Å². The summed E-state index contributed by atoms with van der Waals surface area (Å²) in [5.74, 6) is -0.512. The molecule has 6 heteroatoms. The molecule has 1 aliphatic heterocycles. The molecule has 1 heterocycles. The van der Waals surface area contributed by atoms with Crippen LogP contribution in [0, 0.1) is 17.6 Å². The lowest BCUT2D eigenvalue weighted by Crippen LogP contribution is -2.41. The monoisotopic (exact) mass is 435 g/mol. The largest absolute Gasteiger partial charge is 0.456 e. The maximum Gasteiger partial charge on any atom is 0.162 e. The average molecular weight is 436 g/mol. The Morgan fingerprint density at radius 1 is 1.19 bits per heavy atom.